The van der Waals surface area contributed by atoms with Crippen LogP contribution in [-0.2, 0) is 11.3 Å². The molecule has 3 aromatic carbocycles. The molecule has 1 heterocycles. The Balaban J connectivity index is 1.73. The molecule has 0 spiro atoms. The van der Waals surface area contributed by atoms with E-state index in [2.05, 4.69) is 47.3 Å². The summed E-state index contributed by atoms with van der Waals surface area (Å²) in [4.78, 5) is 12.8. The second kappa shape index (κ2) is 10.3. The van der Waals surface area contributed by atoms with Crippen molar-refractivity contribution in [1.29, 1.82) is 0 Å². The van der Waals surface area contributed by atoms with Gasteiger partial charge in [-0.05, 0) is 41.3 Å². The maximum atomic E-state index is 13.6. The third kappa shape index (κ3) is 5.08. The fourth-order valence-corrected chi connectivity index (χ4v) is 4.23. The standard InChI is InChI=1S/C28H29FN2O/c1-2-3-17-30-28(32)18-25(22-13-15-23(29)16-14-22)26-20-31(19-21-9-5-4-6-10-21)27-12-8-7-11-24(26)27/h4-16,20,25H,2-3,17-19H2,1H3,(H,30,32)/t25-/m1/s1. The molecule has 0 fully saturated rings. The van der Waals surface area contributed by atoms with Crippen molar-refractivity contribution >= 4 is 16.8 Å². The molecule has 0 unspecified atom stereocenters. The van der Waals surface area contributed by atoms with Crippen LogP contribution in [0, 0.1) is 5.82 Å². The summed E-state index contributed by atoms with van der Waals surface area (Å²) < 4.78 is 15.9. The smallest absolute Gasteiger partial charge is 0.220 e. The molecule has 0 aliphatic heterocycles. The molecule has 0 radical (unpaired) electrons. The van der Waals surface area contributed by atoms with E-state index in [0.717, 1.165) is 41.4 Å². The van der Waals surface area contributed by atoms with Crippen molar-refractivity contribution in [1.82, 2.24) is 9.88 Å². The van der Waals surface area contributed by atoms with Gasteiger partial charge in [0, 0.05) is 42.5 Å². The predicted molar refractivity (Wildman–Crippen MR) is 128 cm³/mol. The van der Waals surface area contributed by atoms with E-state index in [1.807, 2.05) is 30.3 Å². The number of para-hydroxylation sites is 1. The van der Waals surface area contributed by atoms with Crippen LogP contribution in [0.5, 0.6) is 0 Å². The van der Waals surface area contributed by atoms with Gasteiger partial charge in [0.15, 0.2) is 0 Å². The van der Waals surface area contributed by atoms with E-state index in [1.54, 1.807) is 12.1 Å². The number of hydrogen-bond acceptors (Lipinski definition) is 1. The Kier molecular flexibility index (Phi) is 7.00. The number of benzene rings is 3. The highest BCUT2D eigenvalue weighted by Gasteiger charge is 2.23. The van der Waals surface area contributed by atoms with Crippen LogP contribution in [0.1, 0.15) is 48.8 Å². The van der Waals surface area contributed by atoms with Crippen molar-refractivity contribution in [3.8, 4) is 0 Å². The number of nitrogens with zero attached hydrogens (tertiary/aromatic N) is 1. The first-order valence-electron chi connectivity index (χ1n) is 11.3. The maximum Gasteiger partial charge on any atom is 0.220 e. The van der Waals surface area contributed by atoms with Gasteiger partial charge in [-0.1, -0.05) is 74.0 Å². The van der Waals surface area contributed by atoms with E-state index in [9.17, 15) is 9.18 Å². The number of amides is 1. The van der Waals surface area contributed by atoms with E-state index in [4.69, 9.17) is 0 Å². The summed E-state index contributed by atoms with van der Waals surface area (Å²) in [7, 11) is 0. The zero-order valence-corrected chi connectivity index (χ0v) is 18.4. The molecule has 1 N–H and O–H groups in total. The molecule has 1 aromatic heterocycles. The minimum Gasteiger partial charge on any atom is -0.356 e. The van der Waals surface area contributed by atoms with Crippen molar-refractivity contribution in [2.45, 2.75) is 38.6 Å². The Hall–Kier alpha value is -3.40. The molecular formula is C28H29FN2O. The summed E-state index contributed by atoms with van der Waals surface area (Å²) >= 11 is 0. The molecule has 1 atom stereocenters. The zero-order chi connectivity index (χ0) is 22.3. The minimum atomic E-state index is -0.272. The molecule has 3 nitrogen and oxygen atoms in total. The quantitative estimate of drug-likeness (QED) is 0.313. The topological polar surface area (TPSA) is 34.0 Å². The van der Waals surface area contributed by atoms with Gasteiger partial charge < -0.3 is 9.88 Å². The molecule has 0 saturated heterocycles. The molecule has 4 aromatic rings. The summed E-state index contributed by atoms with van der Waals surface area (Å²) in [5, 5.41) is 4.16. The number of aromatic nitrogens is 1. The molecule has 32 heavy (non-hydrogen) atoms. The Labute approximate surface area is 188 Å². The first-order chi connectivity index (χ1) is 15.7. The summed E-state index contributed by atoms with van der Waals surface area (Å²) in [5.74, 6) is -0.404. The Bertz CT molecular complexity index is 1170. The fourth-order valence-electron chi connectivity index (χ4n) is 4.23. The van der Waals surface area contributed by atoms with Crippen molar-refractivity contribution in [2.24, 2.45) is 0 Å². The summed E-state index contributed by atoms with van der Waals surface area (Å²) in [6, 6.07) is 25.2. The van der Waals surface area contributed by atoms with Crippen LogP contribution in [0.4, 0.5) is 4.39 Å². The van der Waals surface area contributed by atoms with Crippen LogP contribution in [-0.4, -0.2) is 17.0 Å². The number of unbranched alkanes of at least 4 members (excludes halogenated alkanes) is 1. The predicted octanol–water partition coefficient (Wildman–Crippen LogP) is 6.27. The van der Waals surface area contributed by atoms with E-state index in [0.29, 0.717) is 13.0 Å². The Morgan fingerprint density at radius 1 is 0.969 bits per heavy atom. The van der Waals surface area contributed by atoms with E-state index < -0.39 is 0 Å². The first kappa shape index (κ1) is 21.8. The number of halogens is 1. The van der Waals surface area contributed by atoms with Gasteiger partial charge >= 0.3 is 0 Å². The second-order valence-electron chi connectivity index (χ2n) is 8.23. The zero-order valence-electron chi connectivity index (χ0n) is 18.4. The molecule has 4 heteroatoms. The lowest BCUT2D eigenvalue weighted by atomic mass is 9.88. The lowest BCUT2D eigenvalue weighted by Crippen LogP contribution is -2.26. The molecule has 1 amide bonds. The van der Waals surface area contributed by atoms with Crippen molar-refractivity contribution in [3.63, 3.8) is 0 Å². The number of fused-ring (bicyclic) bond motifs is 1. The highest BCUT2D eigenvalue weighted by molar-refractivity contribution is 5.86. The first-order valence-corrected chi connectivity index (χ1v) is 11.3. The highest BCUT2D eigenvalue weighted by atomic mass is 19.1. The average molecular weight is 429 g/mol. The van der Waals surface area contributed by atoms with E-state index in [1.165, 1.54) is 17.7 Å². The van der Waals surface area contributed by atoms with Crippen LogP contribution in [0.15, 0.2) is 85.1 Å². The summed E-state index contributed by atoms with van der Waals surface area (Å²) in [6.45, 7) is 3.54. The van der Waals surface area contributed by atoms with Gasteiger partial charge in [-0.15, -0.1) is 0 Å². The lowest BCUT2D eigenvalue weighted by molar-refractivity contribution is -0.121. The van der Waals surface area contributed by atoms with Crippen molar-refractivity contribution in [3.05, 3.63) is 108 Å². The normalized spacial score (nSPS) is 12.1. The minimum absolute atomic E-state index is 0.0210. The lowest BCUT2D eigenvalue weighted by Gasteiger charge is -2.17. The van der Waals surface area contributed by atoms with Crippen LogP contribution < -0.4 is 5.32 Å². The second-order valence-corrected chi connectivity index (χ2v) is 8.23. The van der Waals surface area contributed by atoms with Gasteiger partial charge in [0.2, 0.25) is 5.91 Å². The number of rotatable bonds is 9. The van der Waals surface area contributed by atoms with E-state index in [-0.39, 0.29) is 17.6 Å². The Morgan fingerprint density at radius 2 is 1.69 bits per heavy atom. The van der Waals surface area contributed by atoms with Gasteiger partial charge in [-0.25, -0.2) is 4.39 Å². The molecular weight excluding hydrogens is 399 g/mol. The van der Waals surface area contributed by atoms with Crippen LogP contribution in [0.25, 0.3) is 10.9 Å². The van der Waals surface area contributed by atoms with Crippen LogP contribution >= 0.6 is 0 Å². The maximum absolute atomic E-state index is 13.6. The molecule has 0 saturated carbocycles. The third-order valence-electron chi connectivity index (χ3n) is 5.90. The molecule has 0 bridgehead atoms. The average Bonchev–Trinajstić information content (AvgIpc) is 3.17. The largest absolute Gasteiger partial charge is 0.356 e. The highest BCUT2D eigenvalue weighted by Crippen LogP contribution is 2.35. The Morgan fingerprint density at radius 3 is 2.44 bits per heavy atom. The fraction of sp³-hybridized carbons (Fsp3) is 0.250. The molecule has 164 valence electrons. The van der Waals surface area contributed by atoms with Gasteiger partial charge in [-0.3, -0.25) is 4.79 Å². The number of hydrogen-bond donors (Lipinski definition) is 1. The summed E-state index contributed by atoms with van der Waals surface area (Å²) in [5.41, 5.74) is 4.38. The van der Waals surface area contributed by atoms with Gasteiger partial charge in [0.05, 0.1) is 0 Å². The third-order valence-corrected chi connectivity index (χ3v) is 5.90. The SMILES string of the molecule is CCCCNC(=O)C[C@H](c1ccc(F)cc1)c1cn(Cc2ccccc2)c2ccccc12. The van der Waals surface area contributed by atoms with Crippen molar-refractivity contribution < 1.29 is 9.18 Å². The molecule has 0 aliphatic carbocycles. The number of carbonyl (C=O) groups is 1. The monoisotopic (exact) mass is 428 g/mol. The van der Waals surface area contributed by atoms with Gasteiger partial charge in [-0.2, -0.15) is 0 Å². The number of carbonyl (C=O) groups excluding carboxylic acids is 1. The number of nitrogens with one attached hydrogen (secondary N) is 1. The van der Waals surface area contributed by atoms with E-state index >= 15 is 0 Å². The molecule has 0 aliphatic rings. The van der Waals surface area contributed by atoms with Crippen LogP contribution in [0.2, 0.25) is 0 Å². The summed E-state index contributed by atoms with van der Waals surface area (Å²) in [6.07, 6.45) is 4.48. The van der Waals surface area contributed by atoms with Crippen molar-refractivity contribution in [2.75, 3.05) is 6.54 Å². The molecule has 4 rings (SSSR count). The van der Waals surface area contributed by atoms with Gasteiger partial charge in [0.25, 0.3) is 0 Å². The van der Waals surface area contributed by atoms with Gasteiger partial charge in [0.1, 0.15) is 5.82 Å². The van der Waals surface area contributed by atoms with Crippen LogP contribution in [0.3, 0.4) is 0 Å².